The number of thioether (sulfide) groups is 2. The number of primary amides is 2. The Bertz CT molecular complexity index is 3010. The van der Waals surface area contributed by atoms with E-state index in [4.69, 9.17) is 11.5 Å². The lowest BCUT2D eigenvalue weighted by atomic mass is 10.0. The second kappa shape index (κ2) is 36.7. The quantitative estimate of drug-likeness (QED) is 0.0398. The van der Waals surface area contributed by atoms with Gasteiger partial charge in [0.25, 0.3) is 0 Å². The SMILES string of the molecule is CSCC[C@@H]1NC(=O)CNC(=O)[C@H](C(C)C)NC(=O)[C@H](CC(N)=O)NC(=O)[C@H](CCC(=O)O)NC(=O)[C@H](Cc2c(F)c(F)c(F)c(F)c2F)NC(=O)CSC[C@@H](C(N)=O)NC(=O)[C@H](CC(C)C)NC(=O)[C@H](CCC(=O)O)NC(=O)[C@H](Cc2ccc(O)cc2)NC1=O. The van der Waals surface area contributed by atoms with Crippen molar-refractivity contribution in [3.63, 3.8) is 0 Å². The van der Waals surface area contributed by atoms with Gasteiger partial charge in [0.1, 0.15) is 60.1 Å². The summed E-state index contributed by atoms with van der Waals surface area (Å²) in [4.78, 5) is 188. The Hall–Kier alpha value is -8.83. The van der Waals surface area contributed by atoms with Gasteiger partial charge in [-0.15, -0.1) is 11.8 Å². The lowest BCUT2D eigenvalue weighted by Gasteiger charge is -2.27. The van der Waals surface area contributed by atoms with E-state index in [-0.39, 0.29) is 30.8 Å². The van der Waals surface area contributed by atoms with E-state index >= 15 is 8.78 Å². The second-order valence-corrected chi connectivity index (χ2v) is 23.6. The van der Waals surface area contributed by atoms with Crippen LogP contribution in [0.25, 0.3) is 0 Å². The average Bonchev–Trinajstić information content (AvgIpc) is 0.935. The van der Waals surface area contributed by atoms with Gasteiger partial charge in [0.15, 0.2) is 23.3 Å². The molecule has 1 aliphatic heterocycles. The van der Waals surface area contributed by atoms with Gasteiger partial charge >= 0.3 is 11.9 Å². The summed E-state index contributed by atoms with van der Waals surface area (Å²) in [7, 11) is 0. The summed E-state index contributed by atoms with van der Waals surface area (Å²) < 4.78 is 73.6. The minimum Gasteiger partial charge on any atom is -0.508 e. The van der Waals surface area contributed by atoms with Gasteiger partial charge in [-0.1, -0.05) is 39.8 Å². The molecule has 1 fully saturated rings. The van der Waals surface area contributed by atoms with E-state index in [1.165, 1.54) is 49.9 Å². The third kappa shape index (κ3) is 25.2. The van der Waals surface area contributed by atoms with Gasteiger partial charge in [0, 0.05) is 37.0 Å². The molecule has 9 atom stereocenters. The zero-order valence-electron chi connectivity index (χ0n) is 49.8. The monoisotopic (exact) mass is 1330 g/mol. The first-order valence-electron chi connectivity index (χ1n) is 28.0. The van der Waals surface area contributed by atoms with Crippen LogP contribution in [-0.4, -0.2) is 183 Å². The molecule has 0 unspecified atom stereocenters. The number of rotatable bonds is 19. The Labute approximate surface area is 525 Å². The van der Waals surface area contributed by atoms with Gasteiger partial charge in [-0.2, -0.15) is 11.8 Å². The number of nitrogens with two attached hydrogens (primary N) is 2. The molecule has 12 amide bonds. The summed E-state index contributed by atoms with van der Waals surface area (Å²) in [5.41, 5.74) is 9.64. The number of aliphatic carboxylic acids is 2. The molecule has 29 nitrogen and oxygen atoms in total. The van der Waals surface area contributed by atoms with Gasteiger partial charge in [-0.25, -0.2) is 22.0 Å². The molecule has 1 heterocycles. The highest BCUT2D eigenvalue weighted by Crippen LogP contribution is 2.25. The number of carbonyl (C=O) groups excluding carboxylic acids is 12. The maximum absolute atomic E-state index is 15.2. The van der Waals surface area contributed by atoms with Gasteiger partial charge in [0.2, 0.25) is 76.7 Å². The highest BCUT2D eigenvalue weighted by Gasteiger charge is 2.38. The first kappa shape index (κ1) is 76.4. The van der Waals surface area contributed by atoms with Gasteiger partial charge in [-0.3, -0.25) is 67.1 Å². The third-order valence-corrected chi connectivity index (χ3v) is 15.1. The average molecular weight is 1330 g/mol. The van der Waals surface area contributed by atoms with Crippen molar-refractivity contribution in [3.05, 3.63) is 64.5 Å². The molecule has 2 aromatic carbocycles. The van der Waals surface area contributed by atoms with Crippen molar-refractivity contribution in [2.45, 2.75) is 140 Å². The number of halogens is 5. The molecule has 1 aliphatic rings. The Morgan fingerprint density at radius 1 is 0.560 bits per heavy atom. The van der Waals surface area contributed by atoms with Crippen LogP contribution in [0.4, 0.5) is 22.0 Å². The summed E-state index contributed by atoms with van der Waals surface area (Å²) >= 11 is 1.72. The molecule has 36 heteroatoms. The van der Waals surface area contributed by atoms with Crippen LogP contribution in [0, 0.1) is 40.9 Å². The van der Waals surface area contributed by atoms with Crippen LogP contribution < -0.4 is 64.6 Å². The molecule has 17 N–H and O–H groups in total. The number of aromatic hydroxyl groups is 1. The van der Waals surface area contributed by atoms with Crippen molar-refractivity contribution < 1.29 is 104 Å². The summed E-state index contributed by atoms with van der Waals surface area (Å²) in [6, 6.07) is -11.2. The van der Waals surface area contributed by atoms with Crippen LogP contribution in [0.3, 0.4) is 0 Å². The van der Waals surface area contributed by atoms with Crippen molar-refractivity contribution in [2.24, 2.45) is 23.3 Å². The Morgan fingerprint density at radius 2 is 1.00 bits per heavy atom. The first-order valence-corrected chi connectivity index (χ1v) is 30.5. The molecular weight excluding hydrogens is 1260 g/mol. The van der Waals surface area contributed by atoms with Crippen LogP contribution in [0.15, 0.2) is 24.3 Å². The summed E-state index contributed by atoms with van der Waals surface area (Å²) in [5.74, 6) is -33.0. The number of phenols is 1. The number of hydrogen-bond acceptors (Lipinski definition) is 17. The van der Waals surface area contributed by atoms with Crippen LogP contribution in [0.2, 0.25) is 0 Å². The second-order valence-electron chi connectivity index (χ2n) is 21.5. The van der Waals surface area contributed by atoms with E-state index in [9.17, 15) is 95.6 Å². The van der Waals surface area contributed by atoms with Crippen LogP contribution in [0.5, 0.6) is 5.75 Å². The fraction of sp³-hybridized carbons (Fsp3) is 0.527. The summed E-state index contributed by atoms with van der Waals surface area (Å²) in [6.07, 6.45) is -4.89. The number of carboxylic acid groups (broad SMARTS) is 2. The number of hydrogen-bond donors (Lipinski definition) is 15. The Kier molecular flexibility index (Phi) is 30.8. The number of carbonyl (C=O) groups is 14. The first-order chi connectivity index (χ1) is 42.6. The van der Waals surface area contributed by atoms with E-state index < -0.39 is 240 Å². The number of phenolic OH excluding ortho intramolecular Hbond substituents is 1. The molecule has 0 bridgehead atoms. The lowest BCUT2D eigenvalue weighted by Crippen LogP contribution is -2.60. The molecule has 91 heavy (non-hydrogen) atoms. The normalized spacial score (nSPS) is 23.0. The minimum atomic E-state index is -2.61. The molecule has 502 valence electrons. The van der Waals surface area contributed by atoms with Crippen molar-refractivity contribution in [1.82, 2.24) is 53.2 Å². The van der Waals surface area contributed by atoms with Crippen molar-refractivity contribution in [3.8, 4) is 5.75 Å². The minimum absolute atomic E-state index is 0.106. The standard InChI is InChI=1S/C55H73F5N12O17S2/c1-23(2)16-31-51(85)71-35(47(62)81)21-91-22-38(76)65-33(18-27-41(56)43(58)45(60)44(59)42(27)57)53(87)67-29(11-13-40(79)80)49(83)70-34(19-36(61)74)54(88)72-46(24(3)4)55(89)63-20-37(75)64-30(14-15-90-5)50(84)69-32(17-25-6-8-26(73)9-7-25)52(86)66-28(48(82)68-31)10-12-39(77)78/h6-9,23-24,28-35,46,73H,10-22H2,1-5H3,(H2,61,74)(H2,62,81)(H,63,89)(H,64,75)(H,65,76)(H,66,86)(H,67,87)(H,68,82)(H,69,84)(H,70,83)(H,71,85)(H,72,88)(H,77,78)(H,79,80)/t28-,29-,30-,31-,32-,33-,34-,35-,46-/m0/s1. The number of carboxylic acids is 2. The molecule has 3 rings (SSSR count). The molecular formula is C55H73F5N12O17S2. The number of benzene rings is 2. The Morgan fingerprint density at radius 3 is 1.48 bits per heavy atom. The van der Waals surface area contributed by atoms with E-state index in [0.29, 0.717) is 17.3 Å². The topological polar surface area (TPSA) is 472 Å². The summed E-state index contributed by atoms with van der Waals surface area (Å²) in [6.45, 7) is 5.16. The molecule has 0 aromatic heterocycles. The van der Waals surface area contributed by atoms with Crippen LogP contribution in [0.1, 0.15) is 83.8 Å². The molecule has 0 aliphatic carbocycles. The predicted molar refractivity (Wildman–Crippen MR) is 313 cm³/mol. The number of amides is 12. The molecule has 0 radical (unpaired) electrons. The van der Waals surface area contributed by atoms with Gasteiger partial charge in [-0.05, 0) is 67.2 Å². The molecule has 0 spiro atoms. The highest BCUT2D eigenvalue weighted by atomic mass is 32.2. The van der Waals surface area contributed by atoms with Crippen molar-refractivity contribution in [1.29, 1.82) is 0 Å². The van der Waals surface area contributed by atoms with Crippen LogP contribution >= 0.6 is 23.5 Å². The van der Waals surface area contributed by atoms with Crippen molar-refractivity contribution >= 4 is 106 Å². The largest absolute Gasteiger partial charge is 0.508 e. The van der Waals surface area contributed by atoms with Gasteiger partial charge < -0.3 is 80.0 Å². The molecule has 1 saturated heterocycles. The highest BCUT2D eigenvalue weighted by molar-refractivity contribution is 8.00. The van der Waals surface area contributed by atoms with E-state index in [2.05, 4.69) is 42.5 Å². The van der Waals surface area contributed by atoms with Crippen LogP contribution in [-0.2, 0) is 80.0 Å². The maximum atomic E-state index is 15.2. The van der Waals surface area contributed by atoms with Crippen molar-refractivity contribution in [2.75, 3.05) is 30.1 Å². The Balaban J connectivity index is 2.23. The van der Waals surface area contributed by atoms with E-state index in [1.807, 2.05) is 10.6 Å². The van der Waals surface area contributed by atoms with E-state index in [1.54, 1.807) is 20.1 Å². The maximum Gasteiger partial charge on any atom is 0.303 e. The third-order valence-electron chi connectivity index (χ3n) is 13.4. The zero-order chi connectivity index (χ0) is 68.6. The molecule has 2 aromatic rings. The smallest absolute Gasteiger partial charge is 0.303 e. The summed E-state index contributed by atoms with van der Waals surface area (Å²) in [5, 5.41) is 51.9. The van der Waals surface area contributed by atoms with Gasteiger partial charge in [0.05, 0.1) is 18.7 Å². The lowest BCUT2D eigenvalue weighted by molar-refractivity contribution is -0.139. The zero-order valence-corrected chi connectivity index (χ0v) is 51.4. The van der Waals surface area contributed by atoms with E-state index in [0.717, 1.165) is 0 Å². The fourth-order valence-corrected chi connectivity index (χ4v) is 10.00. The molecule has 0 saturated carbocycles. The number of nitrogens with one attached hydrogen (secondary N) is 10. The fourth-order valence-electron chi connectivity index (χ4n) is 8.66. The predicted octanol–water partition coefficient (Wildman–Crippen LogP) is -2.36.